The lowest BCUT2D eigenvalue weighted by Crippen LogP contribution is -2.32. The zero-order chi connectivity index (χ0) is 13.7. The summed E-state index contributed by atoms with van der Waals surface area (Å²) in [6.07, 6.45) is 6.19. The number of amidine groups is 1. The Morgan fingerprint density at radius 2 is 2.05 bits per heavy atom. The number of nitrogens with zero attached hydrogens (tertiary/aromatic N) is 1. The first-order valence-electron chi connectivity index (χ1n) is 6.94. The van der Waals surface area contributed by atoms with E-state index in [-0.39, 0.29) is 0 Å². The van der Waals surface area contributed by atoms with Crippen LogP contribution >= 0.6 is 0 Å². The van der Waals surface area contributed by atoms with Gasteiger partial charge in [-0.15, -0.1) is 0 Å². The zero-order valence-electron chi connectivity index (χ0n) is 11.8. The zero-order valence-corrected chi connectivity index (χ0v) is 11.8. The minimum absolute atomic E-state index is 0.395. The number of hydrazine groups is 1. The predicted molar refractivity (Wildman–Crippen MR) is 78.5 cm³/mol. The highest BCUT2D eigenvalue weighted by Crippen LogP contribution is 2.22. The van der Waals surface area contributed by atoms with Crippen molar-refractivity contribution in [3.8, 4) is 5.75 Å². The first kappa shape index (κ1) is 13.9. The molecule has 104 valence electrons. The molecule has 0 spiro atoms. The van der Waals surface area contributed by atoms with E-state index in [2.05, 4.69) is 5.43 Å². The molecule has 0 saturated heterocycles. The van der Waals surface area contributed by atoms with E-state index in [9.17, 15) is 0 Å². The molecule has 4 heteroatoms. The maximum absolute atomic E-state index is 5.63. The molecule has 0 radical (unpaired) electrons. The van der Waals surface area contributed by atoms with Gasteiger partial charge in [0.15, 0.2) is 0 Å². The van der Waals surface area contributed by atoms with Crippen molar-refractivity contribution >= 4 is 5.84 Å². The van der Waals surface area contributed by atoms with Crippen LogP contribution in [0, 0.1) is 6.92 Å². The Morgan fingerprint density at radius 1 is 1.32 bits per heavy atom. The van der Waals surface area contributed by atoms with Gasteiger partial charge in [-0.3, -0.25) is 4.99 Å². The lowest BCUT2D eigenvalue weighted by atomic mass is 9.96. The molecule has 0 unspecified atom stereocenters. The summed E-state index contributed by atoms with van der Waals surface area (Å²) in [5.74, 6) is 7.25. The molecule has 4 nitrogen and oxygen atoms in total. The lowest BCUT2D eigenvalue weighted by Gasteiger charge is -2.19. The summed E-state index contributed by atoms with van der Waals surface area (Å²) in [5, 5.41) is 0. The highest BCUT2D eigenvalue weighted by atomic mass is 16.5. The topological polar surface area (TPSA) is 59.6 Å². The Morgan fingerprint density at radius 3 is 2.68 bits per heavy atom. The molecular formula is C15H23N3O. The molecule has 1 aliphatic carbocycles. The number of rotatable bonds is 3. The van der Waals surface area contributed by atoms with E-state index >= 15 is 0 Å². The summed E-state index contributed by atoms with van der Waals surface area (Å²) in [5.41, 5.74) is 4.82. The van der Waals surface area contributed by atoms with Crippen LogP contribution in [0.5, 0.6) is 5.75 Å². The van der Waals surface area contributed by atoms with Gasteiger partial charge in [0.2, 0.25) is 0 Å². The second-order valence-corrected chi connectivity index (χ2v) is 5.10. The molecule has 1 aromatic rings. The van der Waals surface area contributed by atoms with Crippen molar-refractivity contribution in [2.24, 2.45) is 10.8 Å². The summed E-state index contributed by atoms with van der Waals surface area (Å²) < 4.78 is 5.35. The van der Waals surface area contributed by atoms with Crippen LogP contribution in [0.15, 0.2) is 23.2 Å². The van der Waals surface area contributed by atoms with E-state index in [0.717, 1.165) is 35.6 Å². The van der Waals surface area contributed by atoms with E-state index in [4.69, 9.17) is 15.6 Å². The molecular weight excluding hydrogens is 238 g/mol. The van der Waals surface area contributed by atoms with Crippen molar-refractivity contribution in [2.75, 3.05) is 7.11 Å². The maximum Gasteiger partial charge on any atom is 0.142 e. The van der Waals surface area contributed by atoms with Gasteiger partial charge in [-0.05, 0) is 31.4 Å². The third-order valence-corrected chi connectivity index (χ3v) is 3.70. The van der Waals surface area contributed by atoms with E-state index in [1.807, 2.05) is 25.1 Å². The van der Waals surface area contributed by atoms with Crippen molar-refractivity contribution in [1.29, 1.82) is 0 Å². The maximum atomic E-state index is 5.63. The summed E-state index contributed by atoms with van der Waals surface area (Å²) in [4.78, 5) is 4.75. The number of hydrogen-bond donors (Lipinski definition) is 2. The third kappa shape index (κ3) is 3.47. The van der Waals surface area contributed by atoms with Gasteiger partial charge in [0.25, 0.3) is 0 Å². The molecule has 0 bridgehead atoms. The number of nitrogens with two attached hydrogens (primary N) is 1. The van der Waals surface area contributed by atoms with Crippen molar-refractivity contribution in [1.82, 2.24) is 5.43 Å². The average molecular weight is 261 g/mol. The Hall–Kier alpha value is -1.55. The Balaban J connectivity index is 2.22. The minimum atomic E-state index is 0.395. The predicted octanol–water partition coefficient (Wildman–Crippen LogP) is 2.55. The van der Waals surface area contributed by atoms with Crippen LogP contribution in [0.3, 0.4) is 0 Å². The molecule has 0 amide bonds. The molecule has 1 fully saturated rings. The Bertz CT molecular complexity index is 451. The van der Waals surface area contributed by atoms with Crippen LogP contribution in [-0.2, 0) is 0 Å². The summed E-state index contributed by atoms with van der Waals surface area (Å²) >= 11 is 0. The molecule has 1 aliphatic rings. The number of aryl methyl sites for hydroxylation is 1. The molecule has 1 aromatic carbocycles. The van der Waals surface area contributed by atoms with Gasteiger partial charge in [-0.1, -0.05) is 31.4 Å². The van der Waals surface area contributed by atoms with E-state index in [0.29, 0.717) is 6.04 Å². The number of methoxy groups -OCH3 is 1. The van der Waals surface area contributed by atoms with Crippen molar-refractivity contribution in [3.05, 3.63) is 29.3 Å². The van der Waals surface area contributed by atoms with Gasteiger partial charge in [-0.25, -0.2) is 5.84 Å². The number of hydrogen-bond acceptors (Lipinski definition) is 3. The molecule has 0 heterocycles. The molecule has 2 rings (SSSR count). The van der Waals surface area contributed by atoms with Gasteiger partial charge < -0.3 is 10.2 Å². The standard InChI is InChI=1S/C15H23N3O/c1-11-8-9-12(10-14(11)19-2)15(18-16)17-13-6-4-3-5-7-13/h8-10,13H,3-7,16H2,1-2H3,(H,17,18). The number of ether oxygens (including phenoxy) is 1. The average Bonchev–Trinajstić information content (AvgIpc) is 2.46. The highest BCUT2D eigenvalue weighted by molar-refractivity contribution is 5.98. The summed E-state index contributed by atoms with van der Waals surface area (Å²) in [7, 11) is 1.68. The van der Waals surface area contributed by atoms with E-state index in [1.165, 1.54) is 19.3 Å². The van der Waals surface area contributed by atoms with E-state index < -0.39 is 0 Å². The van der Waals surface area contributed by atoms with Crippen LogP contribution in [0.1, 0.15) is 43.2 Å². The van der Waals surface area contributed by atoms with Crippen molar-refractivity contribution in [2.45, 2.75) is 45.1 Å². The van der Waals surface area contributed by atoms with Gasteiger partial charge >= 0.3 is 0 Å². The molecule has 0 atom stereocenters. The van der Waals surface area contributed by atoms with Crippen LogP contribution < -0.4 is 16.0 Å². The first-order chi connectivity index (χ1) is 9.24. The third-order valence-electron chi connectivity index (χ3n) is 3.70. The number of benzene rings is 1. The quantitative estimate of drug-likeness (QED) is 0.380. The fourth-order valence-electron chi connectivity index (χ4n) is 2.56. The van der Waals surface area contributed by atoms with Gasteiger partial charge in [0.05, 0.1) is 13.2 Å². The number of aliphatic imine (C=N–C) groups is 1. The molecule has 0 aliphatic heterocycles. The molecule has 0 aromatic heterocycles. The van der Waals surface area contributed by atoms with Gasteiger partial charge in [0, 0.05) is 5.56 Å². The van der Waals surface area contributed by atoms with Crippen LogP contribution in [-0.4, -0.2) is 19.0 Å². The largest absolute Gasteiger partial charge is 0.496 e. The van der Waals surface area contributed by atoms with Gasteiger partial charge in [0.1, 0.15) is 11.6 Å². The highest BCUT2D eigenvalue weighted by Gasteiger charge is 2.14. The lowest BCUT2D eigenvalue weighted by molar-refractivity contribution is 0.411. The smallest absolute Gasteiger partial charge is 0.142 e. The molecule has 1 saturated carbocycles. The second-order valence-electron chi connectivity index (χ2n) is 5.10. The Kier molecular flexibility index (Phi) is 4.80. The SMILES string of the molecule is COc1cc(C(=NC2CCCCC2)NN)ccc1C. The fraction of sp³-hybridized carbons (Fsp3) is 0.533. The molecule has 3 N–H and O–H groups in total. The first-order valence-corrected chi connectivity index (χ1v) is 6.94. The van der Waals surface area contributed by atoms with Crippen molar-refractivity contribution in [3.63, 3.8) is 0 Å². The number of nitrogens with one attached hydrogen (secondary N) is 1. The molecule has 19 heavy (non-hydrogen) atoms. The minimum Gasteiger partial charge on any atom is -0.496 e. The fourth-order valence-corrected chi connectivity index (χ4v) is 2.56. The normalized spacial score (nSPS) is 17.3. The summed E-state index contributed by atoms with van der Waals surface area (Å²) in [6, 6.07) is 6.44. The Labute approximate surface area is 115 Å². The monoisotopic (exact) mass is 261 g/mol. The van der Waals surface area contributed by atoms with Crippen LogP contribution in [0.25, 0.3) is 0 Å². The second kappa shape index (κ2) is 6.57. The van der Waals surface area contributed by atoms with Crippen molar-refractivity contribution < 1.29 is 4.74 Å². The van der Waals surface area contributed by atoms with Crippen LogP contribution in [0.2, 0.25) is 0 Å². The summed E-state index contributed by atoms with van der Waals surface area (Å²) in [6.45, 7) is 2.02. The van der Waals surface area contributed by atoms with E-state index in [1.54, 1.807) is 7.11 Å². The van der Waals surface area contributed by atoms with Crippen LogP contribution in [0.4, 0.5) is 0 Å². The van der Waals surface area contributed by atoms with Gasteiger partial charge in [-0.2, -0.15) is 0 Å².